The molecule has 0 spiro atoms. The largest absolute Gasteiger partial charge is 0.354 e. The number of thiophene rings is 1. The Morgan fingerprint density at radius 1 is 1.04 bits per heavy atom. The van der Waals surface area contributed by atoms with Crippen molar-refractivity contribution < 1.29 is 9.59 Å². The van der Waals surface area contributed by atoms with Crippen LogP contribution in [0.3, 0.4) is 0 Å². The average Bonchev–Trinajstić information content (AvgIpc) is 3.07. The third-order valence-electron chi connectivity index (χ3n) is 3.75. The highest BCUT2D eigenvalue weighted by molar-refractivity contribution is 7.08. The molecule has 0 saturated carbocycles. The van der Waals surface area contributed by atoms with E-state index in [0.717, 1.165) is 6.42 Å². The number of nitrogens with one attached hydrogen (secondary N) is 2. The molecule has 5 heteroatoms. The summed E-state index contributed by atoms with van der Waals surface area (Å²) in [4.78, 5) is 23.5. The maximum atomic E-state index is 11.8. The summed E-state index contributed by atoms with van der Waals surface area (Å²) in [7, 11) is 0. The zero-order valence-corrected chi connectivity index (χ0v) is 15.2. The van der Waals surface area contributed by atoms with Crippen LogP contribution in [-0.4, -0.2) is 24.9 Å². The lowest BCUT2D eigenvalue weighted by Gasteiger charge is -2.19. The van der Waals surface area contributed by atoms with Crippen molar-refractivity contribution in [2.24, 2.45) is 0 Å². The van der Waals surface area contributed by atoms with Gasteiger partial charge in [0.2, 0.25) is 5.91 Å². The fraction of sp³-hybridized carbons (Fsp3) is 0.368. The van der Waals surface area contributed by atoms with Crippen LogP contribution in [0.2, 0.25) is 0 Å². The number of amides is 2. The number of carbonyl (C=O) groups is 2. The Morgan fingerprint density at radius 2 is 1.75 bits per heavy atom. The van der Waals surface area contributed by atoms with Gasteiger partial charge in [0.05, 0.1) is 6.54 Å². The molecule has 4 nitrogen and oxygen atoms in total. The number of benzene rings is 1. The summed E-state index contributed by atoms with van der Waals surface area (Å²) in [5, 5.41) is 9.03. The molecule has 0 saturated heterocycles. The van der Waals surface area contributed by atoms with E-state index in [0.29, 0.717) is 12.1 Å². The molecule has 0 unspecified atom stereocenters. The van der Waals surface area contributed by atoms with Crippen LogP contribution in [0.5, 0.6) is 0 Å². The first-order valence-corrected chi connectivity index (χ1v) is 8.97. The van der Waals surface area contributed by atoms with Gasteiger partial charge in [-0.2, -0.15) is 11.3 Å². The van der Waals surface area contributed by atoms with Gasteiger partial charge in [0.15, 0.2) is 0 Å². The van der Waals surface area contributed by atoms with Crippen molar-refractivity contribution in [1.29, 1.82) is 0 Å². The Hall–Kier alpha value is -2.14. The van der Waals surface area contributed by atoms with Gasteiger partial charge in [-0.1, -0.05) is 45.0 Å². The van der Waals surface area contributed by atoms with E-state index in [-0.39, 0.29) is 23.8 Å². The molecule has 24 heavy (non-hydrogen) atoms. The average molecular weight is 344 g/mol. The van der Waals surface area contributed by atoms with Crippen LogP contribution in [0.25, 0.3) is 0 Å². The lowest BCUT2D eigenvalue weighted by molar-refractivity contribution is -0.120. The summed E-state index contributed by atoms with van der Waals surface area (Å²) in [6.07, 6.45) is 0.772. The van der Waals surface area contributed by atoms with E-state index in [2.05, 4.69) is 55.7 Å². The molecule has 2 rings (SSSR count). The molecule has 0 radical (unpaired) electrons. The topological polar surface area (TPSA) is 58.2 Å². The standard InChI is InChI=1S/C19H24N2O2S/c1-19(2,3)16-6-4-14(5-7-16)8-10-20-17(22)12-21-18(23)15-9-11-24-13-15/h4-7,9,11,13H,8,10,12H2,1-3H3,(H,20,22)(H,21,23). The fourth-order valence-electron chi connectivity index (χ4n) is 2.24. The van der Waals surface area contributed by atoms with Crippen molar-refractivity contribution in [2.75, 3.05) is 13.1 Å². The molecule has 0 atom stereocenters. The first-order valence-electron chi connectivity index (χ1n) is 8.03. The van der Waals surface area contributed by atoms with Gasteiger partial charge in [0.25, 0.3) is 5.91 Å². The van der Waals surface area contributed by atoms with E-state index in [4.69, 9.17) is 0 Å². The Kier molecular flexibility index (Phi) is 6.15. The summed E-state index contributed by atoms with van der Waals surface area (Å²) in [5.74, 6) is -0.394. The Balaban J connectivity index is 1.70. The molecule has 0 fully saturated rings. The van der Waals surface area contributed by atoms with Gasteiger partial charge in [-0.3, -0.25) is 9.59 Å². The highest BCUT2D eigenvalue weighted by atomic mass is 32.1. The first kappa shape index (κ1) is 18.2. The van der Waals surface area contributed by atoms with E-state index in [1.165, 1.54) is 22.5 Å². The molecular weight excluding hydrogens is 320 g/mol. The van der Waals surface area contributed by atoms with Gasteiger partial charge in [-0.05, 0) is 34.4 Å². The van der Waals surface area contributed by atoms with Crippen molar-refractivity contribution in [3.05, 3.63) is 57.8 Å². The maximum absolute atomic E-state index is 11.8. The normalized spacial score (nSPS) is 11.1. The molecule has 1 aromatic carbocycles. The first-order chi connectivity index (χ1) is 11.4. The second kappa shape index (κ2) is 8.11. The Bertz CT molecular complexity index is 670. The van der Waals surface area contributed by atoms with Gasteiger partial charge in [-0.25, -0.2) is 0 Å². The second-order valence-electron chi connectivity index (χ2n) is 6.74. The Labute approximate surface area is 147 Å². The predicted molar refractivity (Wildman–Crippen MR) is 98.5 cm³/mol. The predicted octanol–water partition coefficient (Wildman–Crippen LogP) is 3.13. The van der Waals surface area contributed by atoms with Crippen molar-refractivity contribution in [3.8, 4) is 0 Å². The number of hydrogen-bond acceptors (Lipinski definition) is 3. The number of rotatable bonds is 6. The minimum Gasteiger partial charge on any atom is -0.354 e. The maximum Gasteiger partial charge on any atom is 0.252 e. The van der Waals surface area contributed by atoms with E-state index in [1.54, 1.807) is 11.4 Å². The van der Waals surface area contributed by atoms with Crippen LogP contribution in [-0.2, 0) is 16.6 Å². The van der Waals surface area contributed by atoms with Crippen LogP contribution in [0.4, 0.5) is 0 Å². The van der Waals surface area contributed by atoms with Crippen molar-refractivity contribution in [2.45, 2.75) is 32.6 Å². The third-order valence-corrected chi connectivity index (χ3v) is 4.43. The molecule has 0 aliphatic heterocycles. The molecule has 128 valence electrons. The molecular formula is C19H24N2O2S. The van der Waals surface area contributed by atoms with Gasteiger partial charge >= 0.3 is 0 Å². The van der Waals surface area contributed by atoms with Crippen molar-refractivity contribution in [1.82, 2.24) is 10.6 Å². The molecule has 2 N–H and O–H groups in total. The van der Waals surface area contributed by atoms with Crippen molar-refractivity contribution in [3.63, 3.8) is 0 Å². The van der Waals surface area contributed by atoms with Gasteiger partial charge in [0.1, 0.15) is 0 Å². The van der Waals surface area contributed by atoms with Gasteiger partial charge < -0.3 is 10.6 Å². The summed E-state index contributed by atoms with van der Waals surface area (Å²) >= 11 is 1.45. The van der Waals surface area contributed by atoms with Crippen LogP contribution in [0.15, 0.2) is 41.1 Å². The SMILES string of the molecule is CC(C)(C)c1ccc(CCNC(=O)CNC(=O)c2ccsc2)cc1. The molecule has 1 heterocycles. The van der Waals surface area contributed by atoms with Crippen molar-refractivity contribution >= 4 is 23.2 Å². The quantitative estimate of drug-likeness (QED) is 0.846. The lowest BCUT2D eigenvalue weighted by Crippen LogP contribution is -2.37. The number of hydrogen-bond donors (Lipinski definition) is 2. The third kappa shape index (κ3) is 5.49. The fourth-order valence-corrected chi connectivity index (χ4v) is 2.87. The van der Waals surface area contributed by atoms with Crippen LogP contribution >= 0.6 is 11.3 Å². The summed E-state index contributed by atoms with van der Waals surface area (Å²) in [5.41, 5.74) is 3.22. The molecule has 2 amide bonds. The minimum absolute atomic E-state index is 0.00234. The van der Waals surface area contributed by atoms with Crippen LogP contribution in [0, 0.1) is 0 Å². The molecule has 1 aromatic heterocycles. The van der Waals surface area contributed by atoms with Crippen LogP contribution < -0.4 is 10.6 Å². The van der Waals surface area contributed by atoms with E-state index in [9.17, 15) is 9.59 Å². The molecule has 0 bridgehead atoms. The summed E-state index contributed by atoms with van der Waals surface area (Å²) in [6, 6.07) is 10.2. The minimum atomic E-state index is -0.218. The van der Waals surface area contributed by atoms with Gasteiger partial charge in [-0.15, -0.1) is 0 Å². The molecule has 0 aliphatic rings. The summed E-state index contributed by atoms with van der Waals surface area (Å²) in [6.45, 7) is 7.12. The number of carbonyl (C=O) groups excluding carboxylic acids is 2. The zero-order chi connectivity index (χ0) is 17.6. The Morgan fingerprint density at radius 3 is 2.33 bits per heavy atom. The van der Waals surface area contributed by atoms with Crippen LogP contribution in [0.1, 0.15) is 42.3 Å². The van der Waals surface area contributed by atoms with E-state index < -0.39 is 0 Å². The summed E-state index contributed by atoms with van der Waals surface area (Å²) < 4.78 is 0. The highest BCUT2D eigenvalue weighted by Crippen LogP contribution is 2.22. The van der Waals surface area contributed by atoms with Gasteiger partial charge in [0, 0.05) is 17.5 Å². The monoisotopic (exact) mass is 344 g/mol. The second-order valence-corrected chi connectivity index (χ2v) is 7.52. The lowest BCUT2D eigenvalue weighted by atomic mass is 9.86. The van der Waals surface area contributed by atoms with E-state index in [1.807, 2.05) is 5.38 Å². The smallest absolute Gasteiger partial charge is 0.252 e. The zero-order valence-electron chi connectivity index (χ0n) is 14.4. The van der Waals surface area contributed by atoms with E-state index >= 15 is 0 Å². The molecule has 2 aromatic rings. The molecule has 0 aliphatic carbocycles. The highest BCUT2D eigenvalue weighted by Gasteiger charge is 2.12.